The van der Waals surface area contributed by atoms with Gasteiger partial charge in [0.1, 0.15) is 0 Å². The van der Waals surface area contributed by atoms with Crippen molar-refractivity contribution in [3.63, 3.8) is 0 Å². The first-order valence-electron chi connectivity index (χ1n) is 6.75. The monoisotopic (exact) mass is 246 g/mol. The van der Waals surface area contributed by atoms with Crippen LogP contribution in [0.5, 0.6) is 0 Å². The van der Waals surface area contributed by atoms with Gasteiger partial charge in [-0.15, -0.1) is 0 Å². The summed E-state index contributed by atoms with van der Waals surface area (Å²) in [4.78, 5) is 12.1. The molecule has 0 saturated heterocycles. The van der Waals surface area contributed by atoms with Crippen LogP contribution < -0.4 is 10.6 Å². The maximum atomic E-state index is 12.1. The Morgan fingerprint density at radius 1 is 1.28 bits per heavy atom. The molecule has 0 atom stereocenters. The smallest absolute Gasteiger partial charge is 0.231 e. The van der Waals surface area contributed by atoms with Gasteiger partial charge in [-0.05, 0) is 44.0 Å². The molecule has 1 aliphatic carbocycles. The van der Waals surface area contributed by atoms with Crippen LogP contribution in [0.25, 0.3) is 0 Å². The van der Waals surface area contributed by atoms with Crippen LogP contribution in [-0.2, 0) is 11.2 Å². The van der Waals surface area contributed by atoms with E-state index in [9.17, 15) is 4.79 Å². The first-order valence-corrected chi connectivity index (χ1v) is 6.75. The van der Waals surface area contributed by atoms with E-state index in [-0.39, 0.29) is 11.3 Å². The van der Waals surface area contributed by atoms with Crippen molar-refractivity contribution in [1.82, 2.24) is 5.32 Å². The van der Waals surface area contributed by atoms with Crippen molar-refractivity contribution in [3.05, 3.63) is 29.8 Å². The molecule has 1 saturated carbocycles. The Labute approximate surface area is 109 Å². The van der Waals surface area contributed by atoms with E-state index in [2.05, 4.69) is 29.7 Å². The fraction of sp³-hybridized carbons (Fsp3) is 0.533. The lowest BCUT2D eigenvalue weighted by molar-refractivity contribution is -0.120. The molecule has 0 aromatic heterocycles. The number of anilines is 1. The van der Waals surface area contributed by atoms with Gasteiger partial charge in [-0.1, -0.05) is 25.5 Å². The molecule has 1 fully saturated rings. The first-order chi connectivity index (χ1) is 8.70. The number of rotatable bonds is 6. The first kappa shape index (κ1) is 13.1. The molecule has 1 aromatic rings. The molecule has 0 bridgehead atoms. The molecule has 0 unspecified atom stereocenters. The van der Waals surface area contributed by atoms with Gasteiger partial charge in [0.25, 0.3) is 0 Å². The van der Waals surface area contributed by atoms with Gasteiger partial charge in [-0.25, -0.2) is 0 Å². The summed E-state index contributed by atoms with van der Waals surface area (Å²) in [5.74, 6) is 0.153. The Morgan fingerprint density at radius 2 is 1.94 bits per heavy atom. The van der Waals surface area contributed by atoms with E-state index in [1.165, 1.54) is 5.56 Å². The number of nitrogens with one attached hydrogen (secondary N) is 2. The normalized spacial score (nSPS) is 16.3. The number of hydrogen-bond acceptors (Lipinski definition) is 2. The van der Waals surface area contributed by atoms with Crippen molar-refractivity contribution in [2.75, 3.05) is 18.9 Å². The third-order valence-electron chi connectivity index (χ3n) is 3.60. The lowest BCUT2D eigenvalue weighted by Gasteiger charge is -2.14. The molecular formula is C15H22N2O. The predicted octanol–water partition coefficient (Wildman–Crippen LogP) is 2.58. The van der Waals surface area contributed by atoms with Crippen molar-refractivity contribution < 1.29 is 4.79 Å². The number of benzene rings is 1. The molecular weight excluding hydrogens is 224 g/mol. The second kappa shape index (κ2) is 5.53. The Bertz CT molecular complexity index is 407. The van der Waals surface area contributed by atoms with Gasteiger partial charge in [-0.2, -0.15) is 0 Å². The van der Waals surface area contributed by atoms with Gasteiger partial charge in [-0.3, -0.25) is 4.79 Å². The minimum atomic E-state index is -0.156. The summed E-state index contributed by atoms with van der Waals surface area (Å²) >= 11 is 0. The highest BCUT2D eigenvalue weighted by Gasteiger charge is 2.49. The summed E-state index contributed by atoms with van der Waals surface area (Å²) < 4.78 is 0. The number of aryl methyl sites for hydroxylation is 1. The number of carbonyl (C=O) groups is 1. The molecule has 0 aliphatic heterocycles. The average molecular weight is 246 g/mol. The van der Waals surface area contributed by atoms with E-state index in [1.807, 2.05) is 19.2 Å². The maximum Gasteiger partial charge on any atom is 0.231 e. The molecule has 0 spiro atoms. The summed E-state index contributed by atoms with van der Waals surface area (Å²) in [6.45, 7) is 2.94. The molecule has 0 heterocycles. The minimum absolute atomic E-state index is 0.153. The molecule has 18 heavy (non-hydrogen) atoms. The number of amides is 1. The number of carbonyl (C=O) groups excluding carboxylic acids is 1. The van der Waals surface area contributed by atoms with Crippen molar-refractivity contribution in [1.29, 1.82) is 0 Å². The third kappa shape index (κ3) is 2.91. The Morgan fingerprint density at radius 3 is 2.44 bits per heavy atom. The van der Waals surface area contributed by atoms with Crippen molar-refractivity contribution in [2.24, 2.45) is 5.41 Å². The highest BCUT2D eigenvalue weighted by molar-refractivity contribution is 5.97. The van der Waals surface area contributed by atoms with Crippen LogP contribution in [0.1, 0.15) is 31.7 Å². The van der Waals surface area contributed by atoms with Crippen LogP contribution >= 0.6 is 0 Å². The average Bonchev–Trinajstić information content (AvgIpc) is 3.13. The fourth-order valence-corrected chi connectivity index (χ4v) is 2.28. The summed E-state index contributed by atoms with van der Waals surface area (Å²) in [6, 6.07) is 8.18. The van der Waals surface area contributed by atoms with Gasteiger partial charge in [0, 0.05) is 12.2 Å². The van der Waals surface area contributed by atoms with Gasteiger partial charge in [0.05, 0.1) is 5.41 Å². The maximum absolute atomic E-state index is 12.1. The van der Waals surface area contributed by atoms with Gasteiger partial charge < -0.3 is 10.6 Å². The molecule has 2 rings (SSSR count). The lowest BCUT2D eigenvalue weighted by Crippen LogP contribution is -2.32. The van der Waals surface area contributed by atoms with Crippen molar-refractivity contribution >= 4 is 11.6 Å². The molecule has 2 N–H and O–H groups in total. The standard InChI is InChI=1S/C15H22N2O/c1-3-4-12-5-7-13(8-6-12)17-14(18)15(9-10-15)11-16-2/h5-8,16H,3-4,9-11H2,1-2H3,(H,17,18). The molecule has 1 aliphatic rings. The summed E-state index contributed by atoms with van der Waals surface area (Å²) in [5, 5.41) is 6.12. The topological polar surface area (TPSA) is 41.1 Å². The van der Waals surface area contributed by atoms with Crippen molar-refractivity contribution in [3.8, 4) is 0 Å². The zero-order chi connectivity index (χ0) is 13.0. The summed E-state index contributed by atoms with van der Waals surface area (Å²) in [6.07, 6.45) is 4.23. The minimum Gasteiger partial charge on any atom is -0.326 e. The highest BCUT2D eigenvalue weighted by Crippen LogP contribution is 2.45. The van der Waals surface area contributed by atoms with Gasteiger partial charge in [0.2, 0.25) is 5.91 Å². The van der Waals surface area contributed by atoms with E-state index in [4.69, 9.17) is 0 Å². The zero-order valence-corrected chi connectivity index (χ0v) is 11.3. The van der Waals surface area contributed by atoms with Crippen LogP contribution in [0.2, 0.25) is 0 Å². The highest BCUT2D eigenvalue weighted by atomic mass is 16.2. The van der Waals surface area contributed by atoms with E-state index in [0.717, 1.165) is 37.9 Å². The Hall–Kier alpha value is -1.35. The third-order valence-corrected chi connectivity index (χ3v) is 3.60. The number of hydrogen-bond donors (Lipinski definition) is 2. The second-order valence-electron chi connectivity index (χ2n) is 5.21. The summed E-state index contributed by atoms with van der Waals surface area (Å²) in [7, 11) is 1.90. The largest absolute Gasteiger partial charge is 0.326 e. The Balaban J connectivity index is 1.95. The molecule has 3 nitrogen and oxygen atoms in total. The van der Waals surface area contributed by atoms with Crippen molar-refractivity contribution in [2.45, 2.75) is 32.6 Å². The Kier molecular flexibility index (Phi) is 4.02. The van der Waals surface area contributed by atoms with Crippen LogP contribution in [-0.4, -0.2) is 19.5 Å². The van der Waals surface area contributed by atoms with Crippen LogP contribution in [0.3, 0.4) is 0 Å². The van der Waals surface area contributed by atoms with Gasteiger partial charge >= 0.3 is 0 Å². The van der Waals surface area contributed by atoms with Gasteiger partial charge in [0.15, 0.2) is 0 Å². The predicted molar refractivity (Wildman–Crippen MR) is 74.7 cm³/mol. The fourth-order valence-electron chi connectivity index (χ4n) is 2.28. The van der Waals surface area contributed by atoms with E-state index >= 15 is 0 Å². The van der Waals surface area contributed by atoms with Crippen LogP contribution in [0, 0.1) is 5.41 Å². The van der Waals surface area contributed by atoms with Crippen LogP contribution in [0.4, 0.5) is 5.69 Å². The second-order valence-corrected chi connectivity index (χ2v) is 5.21. The SMILES string of the molecule is CCCc1ccc(NC(=O)C2(CNC)CC2)cc1. The van der Waals surface area contributed by atoms with E-state index in [1.54, 1.807) is 0 Å². The van der Waals surface area contributed by atoms with Crippen LogP contribution in [0.15, 0.2) is 24.3 Å². The zero-order valence-electron chi connectivity index (χ0n) is 11.3. The molecule has 3 heteroatoms. The van der Waals surface area contributed by atoms with E-state index < -0.39 is 0 Å². The molecule has 1 aromatic carbocycles. The lowest BCUT2D eigenvalue weighted by atomic mass is 10.1. The quantitative estimate of drug-likeness (QED) is 0.810. The summed E-state index contributed by atoms with van der Waals surface area (Å²) in [5.41, 5.74) is 2.07. The van der Waals surface area contributed by atoms with E-state index in [0.29, 0.717) is 0 Å². The molecule has 1 amide bonds. The molecule has 0 radical (unpaired) electrons. The molecule has 98 valence electrons.